The second-order valence-corrected chi connectivity index (χ2v) is 8.71. The van der Waals surface area contributed by atoms with Crippen LogP contribution < -0.4 is 10.2 Å². The molecule has 0 bridgehead atoms. The van der Waals surface area contributed by atoms with Gasteiger partial charge in [-0.1, -0.05) is 19.3 Å². The summed E-state index contributed by atoms with van der Waals surface area (Å²) in [5.74, 6) is 1.70. The van der Waals surface area contributed by atoms with Crippen molar-refractivity contribution in [3.8, 4) is 0 Å². The second kappa shape index (κ2) is 9.06. The number of nitrogens with one attached hydrogen (secondary N) is 1. The molecule has 2 fully saturated rings. The number of amides is 1. The molecule has 3 heterocycles. The third-order valence-electron chi connectivity index (χ3n) is 6.39. The van der Waals surface area contributed by atoms with E-state index < -0.39 is 0 Å². The molecule has 1 aromatic carbocycles. The van der Waals surface area contributed by atoms with Gasteiger partial charge in [-0.05, 0) is 38.0 Å². The first-order chi connectivity index (χ1) is 15.7. The third kappa shape index (κ3) is 4.49. The van der Waals surface area contributed by atoms with Crippen molar-refractivity contribution >= 4 is 28.7 Å². The smallest absolute Gasteiger partial charge is 0.254 e. The number of piperazine rings is 1. The molecule has 1 aliphatic carbocycles. The van der Waals surface area contributed by atoms with Crippen LogP contribution in [0.15, 0.2) is 36.7 Å². The quantitative estimate of drug-likeness (QED) is 0.677. The van der Waals surface area contributed by atoms with Crippen molar-refractivity contribution in [2.24, 2.45) is 0 Å². The lowest BCUT2D eigenvalue weighted by Gasteiger charge is -2.35. The molecule has 1 saturated carbocycles. The normalized spacial score (nSPS) is 17.5. The lowest BCUT2D eigenvalue weighted by Crippen LogP contribution is -2.49. The first-order valence-electron chi connectivity index (χ1n) is 11.5. The summed E-state index contributed by atoms with van der Waals surface area (Å²) in [5, 5.41) is 3.54. The summed E-state index contributed by atoms with van der Waals surface area (Å²) in [6, 6.07) is 8.03. The monoisotopic (exact) mass is 431 g/mol. The number of carbonyl (C=O) groups excluding carboxylic acids is 1. The van der Waals surface area contributed by atoms with Gasteiger partial charge in [0.15, 0.2) is 0 Å². The van der Waals surface area contributed by atoms with Crippen molar-refractivity contribution in [1.29, 1.82) is 0 Å². The van der Waals surface area contributed by atoms with Crippen LogP contribution in [-0.2, 0) is 0 Å². The summed E-state index contributed by atoms with van der Waals surface area (Å²) >= 11 is 0. The van der Waals surface area contributed by atoms with Crippen LogP contribution in [0.4, 0.5) is 11.8 Å². The third-order valence-corrected chi connectivity index (χ3v) is 6.39. The highest BCUT2D eigenvalue weighted by Gasteiger charge is 2.24. The maximum atomic E-state index is 13.0. The van der Waals surface area contributed by atoms with E-state index in [0.717, 1.165) is 41.6 Å². The summed E-state index contributed by atoms with van der Waals surface area (Å²) in [5.41, 5.74) is 3.16. The molecule has 166 valence electrons. The molecule has 0 spiro atoms. The lowest BCUT2D eigenvalue weighted by molar-refractivity contribution is 0.0746. The van der Waals surface area contributed by atoms with Crippen molar-refractivity contribution in [1.82, 2.24) is 24.8 Å². The Morgan fingerprint density at radius 3 is 2.47 bits per heavy atom. The average Bonchev–Trinajstić information content (AvgIpc) is 2.84. The van der Waals surface area contributed by atoms with Crippen LogP contribution >= 0.6 is 0 Å². The van der Waals surface area contributed by atoms with Gasteiger partial charge in [0.2, 0.25) is 5.95 Å². The summed E-state index contributed by atoms with van der Waals surface area (Å²) in [6.07, 6.45) is 9.56. The zero-order valence-corrected chi connectivity index (χ0v) is 18.5. The Balaban J connectivity index is 1.24. The van der Waals surface area contributed by atoms with E-state index in [2.05, 4.69) is 25.2 Å². The van der Waals surface area contributed by atoms with Gasteiger partial charge in [0, 0.05) is 61.9 Å². The van der Waals surface area contributed by atoms with Crippen LogP contribution in [0.3, 0.4) is 0 Å². The molecule has 8 heteroatoms. The maximum absolute atomic E-state index is 13.0. The molecule has 1 amide bonds. The molecule has 0 radical (unpaired) electrons. The average molecular weight is 432 g/mol. The highest BCUT2D eigenvalue weighted by Crippen LogP contribution is 2.23. The van der Waals surface area contributed by atoms with E-state index in [-0.39, 0.29) is 5.91 Å². The number of hydrogen-bond donors (Lipinski definition) is 1. The van der Waals surface area contributed by atoms with E-state index in [1.807, 2.05) is 36.1 Å². The summed E-state index contributed by atoms with van der Waals surface area (Å²) in [4.78, 5) is 35.2. The molecule has 0 unspecified atom stereocenters. The van der Waals surface area contributed by atoms with Crippen LogP contribution in [0, 0.1) is 6.92 Å². The highest BCUT2D eigenvalue weighted by atomic mass is 16.2. The number of aryl methyl sites for hydroxylation is 1. The van der Waals surface area contributed by atoms with Crippen LogP contribution in [0.25, 0.3) is 11.0 Å². The first kappa shape index (κ1) is 20.6. The molecular weight excluding hydrogens is 402 g/mol. The van der Waals surface area contributed by atoms with E-state index in [0.29, 0.717) is 24.7 Å². The molecule has 2 aromatic heterocycles. The number of anilines is 2. The highest BCUT2D eigenvalue weighted by molar-refractivity contribution is 5.97. The summed E-state index contributed by atoms with van der Waals surface area (Å²) in [7, 11) is 0. The fourth-order valence-corrected chi connectivity index (χ4v) is 4.63. The Morgan fingerprint density at radius 1 is 0.938 bits per heavy atom. The SMILES string of the molecule is Cc1cc(N2CCN(C(=O)c3ccc4nccnc4c3)CC2)nc(NC2CCCCC2)n1. The molecule has 2 aliphatic rings. The summed E-state index contributed by atoms with van der Waals surface area (Å²) in [6.45, 7) is 4.83. The minimum Gasteiger partial charge on any atom is -0.353 e. The molecule has 5 rings (SSSR count). The van der Waals surface area contributed by atoms with E-state index >= 15 is 0 Å². The van der Waals surface area contributed by atoms with Gasteiger partial charge in [-0.3, -0.25) is 14.8 Å². The predicted molar refractivity (Wildman–Crippen MR) is 125 cm³/mol. The number of carbonyl (C=O) groups is 1. The van der Waals surface area contributed by atoms with Crippen molar-refractivity contribution in [3.63, 3.8) is 0 Å². The maximum Gasteiger partial charge on any atom is 0.254 e. The van der Waals surface area contributed by atoms with Gasteiger partial charge in [0.05, 0.1) is 11.0 Å². The van der Waals surface area contributed by atoms with Gasteiger partial charge in [0.1, 0.15) is 5.82 Å². The number of hydrogen-bond acceptors (Lipinski definition) is 7. The topological polar surface area (TPSA) is 87.1 Å². The molecule has 0 atom stereocenters. The van der Waals surface area contributed by atoms with E-state index in [9.17, 15) is 4.79 Å². The van der Waals surface area contributed by atoms with Gasteiger partial charge < -0.3 is 15.1 Å². The number of fused-ring (bicyclic) bond motifs is 1. The first-order valence-corrected chi connectivity index (χ1v) is 11.5. The molecule has 8 nitrogen and oxygen atoms in total. The molecule has 1 N–H and O–H groups in total. The Morgan fingerprint density at radius 2 is 1.69 bits per heavy atom. The molecule has 1 aliphatic heterocycles. The fourth-order valence-electron chi connectivity index (χ4n) is 4.63. The number of nitrogens with zero attached hydrogens (tertiary/aromatic N) is 6. The van der Waals surface area contributed by atoms with E-state index in [1.165, 1.54) is 32.1 Å². The molecule has 3 aromatic rings. The van der Waals surface area contributed by atoms with Crippen molar-refractivity contribution in [3.05, 3.63) is 47.9 Å². The van der Waals surface area contributed by atoms with Crippen LogP contribution in [0.1, 0.15) is 48.2 Å². The van der Waals surface area contributed by atoms with Crippen molar-refractivity contribution in [2.45, 2.75) is 45.1 Å². The predicted octanol–water partition coefficient (Wildman–Crippen LogP) is 3.44. The van der Waals surface area contributed by atoms with Gasteiger partial charge in [-0.2, -0.15) is 4.98 Å². The minimum absolute atomic E-state index is 0.0377. The number of aromatic nitrogens is 4. The number of benzene rings is 1. The fraction of sp³-hybridized carbons (Fsp3) is 0.458. The lowest BCUT2D eigenvalue weighted by atomic mass is 9.96. The van der Waals surface area contributed by atoms with Crippen LogP contribution in [0.2, 0.25) is 0 Å². The van der Waals surface area contributed by atoms with Crippen LogP contribution in [-0.4, -0.2) is 63.0 Å². The Labute approximate surface area is 188 Å². The Kier molecular flexibility index (Phi) is 5.83. The second-order valence-electron chi connectivity index (χ2n) is 8.71. The zero-order chi connectivity index (χ0) is 21.9. The molecule has 1 saturated heterocycles. The van der Waals surface area contributed by atoms with Gasteiger partial charge >= 0.3 is 0 Å². The molecule has 32 heavy (non-hydrogen) atoms. The van der Waals surface area contributed by atoms with Gasteiger partial charge in [-0.25, -0.2) is 4.98 Å². The van der Waals surface area contributed by atoms with E-state index in [1.54, 1.807) is 12.4 Å². The minimum atomic E-state index is 0.0377. The largest absolute Gasteiger partial charge is 0.353 e. The van der Waals surface area contributed by atoms with Crippen molar-refractivity contribution in [2.75, 3.05) is 36.4 Å². The van der Waals surface area contributed by atoms with Crippen molar-refractivity contribution < 1.29 is 4.79 Å². The van der Waals surface area contributed by atoms with Gasteiger partial charge in [0.25, 0.3) is 5.91 Å². The Bertz CT molecular complexity index is 1100. The Hall–Kier alpha value is -3.29. The van der Waals surface area contributed by atoms with E-state index in [4.69, 9.17) is 4.98 Å². The molecular formula is C24H29N7O. The summed E-state index contributed by atoms with van der Waals surface area (Å²) < 4.78 is 0. The zero-order valence-electron chi connectivity index (χ0n) is 18.5. The number of rotatable bonds is 4. The van der Waals surface area contributed by atoms with Gasteiger partial charge in [-0.15, -0.1) is 0 Å². The van der Waals surface area contributed by atoms with Crippen LogP contribution in [0.5, 0.6) is 0 Å². The standard InChI is InChI=1S/C24H29N7O/c1-17-15-22(29-24(27-17)28-19-5-3-2-4-6-19)30-11-13-31(14-12-30)23(32)18-7-8-20-21(16-18)26-10-9-25-20/h7-10,15-16,19H,2-6,11-14H2,1H3,(H,27,28,29).